The minimum atomic E-state index is 0.500. The van der Waals surface area contributed by atoms with E-state index >= 15 is 0 Å². The smallest absolute Gasteiger partial charge is 0.0590 e. The molecule has 1 heterocycles. The first-order chi connectivity index (χ1) is 7.72. The van der Waals surface area contributed by atoms with Gasteiger partial charge in [-0.1, -0.05) is 12.5 Å². The van der Waals surface area contributed by atoms with Crippen LogP contribution in [0.1, 0.15) is 52.4 Å². The van der Waals surface area contributed by atoms with E-state index in [-0.39, 0.29) is 0 Å². The summed E-state index contributed by atoms with van der Waals surface area (Å²) in [6, 6.07) is 0.611. The fourth-order valence-electron chi connectivity index (χ4n) is 2.22. The van der Waals surface area contributed by atoms with Crippen LogP contribution in [0, 0.1) is 0 Å². The van der Waals surface area contributed by atoms with E-state index in [0.29, 0.717) is 12.1 Å². The highest BCUT2D eigenvalue weighted by Gasteiger charge is 2.20. The van der Waals surface area contributed by atoms with Crippen molar-refractivity contribution in [2.75, 3.05) is 13.2 Å². The molecule has 94 valence electrons. The molecule has 1 fully saturated rings. The Labute approximate surface area is 100 Å². The molecule has 0 amide bonds. The quantitative estimate of drug-likeness (QED) is 0.640. The van der Waals surface area contributed by atoms with Gasteiger partial charge in [0.1, 0.15) is 0 Å². The summed E-state index contributed by atoms with van der Waals surface area (Å²) in [6.07, 6.45) is 7.70. The first kappa shape index (κ1) is 13.7. The Kier molecular flexibility index (Phi) is 6.74. The molecule has 0 aromatic heterocycles. The maximum atomic E-state index is 5.71. The van der Waals surface area contributed by atoms with E-state index < -0.39 is 0 Å². The predicted octanol–water partition coefficient (Wildman–Crippen LogP) is 3.28. The monoisotopic (exact) mass is 225 g/mol. The highest BCUT2D eigenvalue weighted by molar-refractivity contribution is 4.90. The van der Waals surface area contributed by atoms with E-state index in [4.69, 9.17) is 4.74 Å². The molecule has 2 heteroatoms. The Hall–Kier alpha value is -0.340. The highest BCUT2D eigenvalue weighted by Crippen LogP contribution is 2.19. The van der Waals surface area contributed by atoms with Crippen molar-refractivity contribution in [3.63, 3.8) is 0 Å². The van der Waals surface area contributed by atoms with Gasteiger partial charge in [0.05, 0.1) is 6.10 Å². The zero-order valence-electron chi connectivity index (χ0n) is 10.9. The molecule has 1 aliphatic heterocycles. The van der Waals surface area contributed by atoms with Gasteiger partial charge in [-0.05, 0) is 52.0 Å². The summed E-state index contributed by atoms with van der Waals surface area (Å²) in [5.74, 6) is 0. The van der Waals surface area contributed by atoms with Crippen LogP contribution in [0.15, 0.2) is 12.2 Å². The molecule has 2 atom stereocenters. The van der Waals surface area contributed by atoms with Crippen molar-refractivity contribution in [2.45, 2.75) is 64.5 Å². The molecule has 0 aromatic rings. The molecule has 1 aliphatic rings. The number of ether oxygens (including phenoxy) is 1. The minimum absolute atomic E-state index is 0.500. The number of rotatable bonds is 8. The molecule has 2 nitrogen and oxygen atoms in total. The summed E-state index contributed by atoms with van der Waals surface area (Å²) in [7, 11) is 0. The number of hydrogen-bond donors (Lipinski definition) is 1. The topological polar surface area (TPSA) is 21.3 Å². The number of allylic oxidation sites excluding steroid dienone is 1. The van der Waals surface area contributed by atoms with Gasteiger partial charge in [0.15, 0.2) is 0 Å². The number of hydrogen-bond acceptors (Lipinski definition) is 2. The number of nitrogens with one attached hydrogen (secondary N) is 1. The van der Waals surface area contributed by atoms with Crippen molar-refractivity contribution in [2.24, 2.45) is 0 Å². The Bertz CT molecular complexity index is 197. The van der Waals surface area contributed by atoms with Crippen LogP contribution in [0.3, 0.4) is 0 Å². The van der Waals surface area contributed by atoms with Gasteiger partial charge in [0, 0.05) is 12.6 Å². The molecular formula is C14H27NO. The molecule has 0 spiro atoms. The van der Waals surface area contributed by atoms with E-state index in [1.54, 1.807) is 0 Å². The van der Waals surface area contributed by atoms with E-state index in [0.717, 1.165) is 19.6 Å². The van der Waals surface area contributed by atoms with Gasteiger partial charge in [-0.15, -0.1) is 6.58 Å². The third-order valence-electron chi connectivity index (χ3n) is 3.17. The summed E-state index contributed by atoms with van der Waals surface area (Å²) in [6.45, 7) is 10.4. The van der Waals surface area contributed by atoms with Gasteiger partial charge in [-0.25, -0.2) is 0 Å². The van der Waals surface area contributed by atoms with Crippen LogP contribution in [0.2, 0.25) is 0 Å². The van der Waals surface area contributed by atoms with Gasteiger partial charge in [-0.2, -0.15) is 0 Å². The first-order valence-electron chi connectivity index (χ1n) is 6.71. The minimum Gasteiger partial charge on any atom is -0.378 e. The molecule has 1 N–H and O–H groups in total. The Morgan fingerprint density at radius 3 is 2.94 bits per heavy atom. The summed E-state index contributed by atoms with van der Waals surface area (Å²) in [5.41, 5.74) is 1.29. The normalized spacial score (nSPS) is 22.2. The van der Waals surface area contributed by atoms with Crippen LogP contribution in [-0.2, 0) is 4.74 Å². The van der Waals surface area contributed by atoms with Crippen LogP contribution in [0.25, 0.3) is 0 Å². The van der Waals surface area contributed by atoms with Crippen molar-refractivity contribution in [1.29, 1.82) is 0 Å². The summed E-state index contributed by atoms with van der Waals surface area (Å²) >= 11 is 0. The second-order valence-electron chi connectivity index (χ2n) is 5.02. The molecule has 1 saturated heterocycles. The molecule has 1 rings (SSSR count). The zero-order chi connectivity index (χ0) is 11.8. The summed E-state index contributed by atoms with van der Waals surface area (Å²) in [5, 5.41) is 3.63. The lowest BCUT2D eigenvalue weighted by atomic mass is 10.0. The van der Waals surface area contributed by atoms with Crippen LogP contribution in [0.4, 0.5) is 0 Å². The fraction of sp³-hybridized carbons (Fsp3) is 0.857. The highest BCUT2D eigenvalue weighted by atomic mass is 16.5. The van der Waals surface area contributed by atoms with E-state index in [1.165, 1.54) is 37.7 Å². The largest absolute Gasteiger partial charge is 0.378 e. The third kappa shape index (κ3) is 5.66. The van der Waals surface area contributed by atoms with Crippen molar-refractivity contribution in [3.8, 4) is 0 Å². The van der Waals surface area contributed by atoms with Gasteiger partial charge >= 0.3 is 0 Å². The SMILES string of the molecule is C=C(C)CCC(CC1CCCO1)NCCC. The average molecular weight is 225 g/mol. The van der Waals surface area contributed by atoms with Crippen molar-refractivity contribution >= 4 is 0 Å². The average Bonchev–Trinajstić information content (AvgIpc) is 2.74. The first-order valence-corrected chi connectivity index (χ1v) is 6.71. The molecule has 0 aliphatic carbocycles. The van der Waals surface area contributed by atoms with Crippen LogP contribution in [-0.4, -0.2) is 25.3 Å². The third-order valence-corrected chi connectivity index (χ3v) is 3.17. The predicted molar refractivity (Wildman–Crippen MR) is 69.7 cm³/mol. The lowest BCUT2D eigenvalue weighted by Crippen LogP contribution is -2.33. The zero-order valence-corrected chi connectivity index (χ0v) is 10.9. The summed E-state index contributed by atoms with van der Waals surface area (Å²) in [4.78, 5) is 0. The Balaban J connectivity index is 2.26. The van der Waals surface area contributed by atoms with Gasteiger partial charge < -0.3 is 10.1 Å². The molecule has 16 heavy (non-hydrogen) atoms. The van der Waals surface area contributed by atoms with Crippen LogP contribution < -0.4 is 5.32 Å². The second-order valence-corrected chi connectivity index (χ2v) is 5.02. The van der Waals surface area contributed by atoms with E-state index in [9.17, 15) is 0 Å². The van der Waals surface area contributed by atoms with Crippen LogP contribution in [0.5, 0.6) is 0 Å². The van der Waals surface area contributed by atoms with E-state index in [1.807, 2.05) is 0 Å². The van der Waals surface area contributed by atoms with Gasteiger partial charge in [-0.3, -0.25) is 0 Å². The van der Waals surface area contributed by atoms with Crippen molar-refractivity contribution in [1.82, 2.24) is 5.32 Å². The molecular weight excluding hydrogens is 198 g/mol. The van der Waals surface area contributed by atoms with Crippen molar-refractivity contribution in [3.05, 3.63) is 12.2 Å². The van der Waals surface area contributed by atoms with Crippen LogP contribution >= 0.6 is 0 Å². The molecule has 0 saturated carbocycles. The fourth-order valence-corrected chi connectivity index (χ4v) is 2.22. The molecule has 2 unspecified atom stereocenters. The van der Waals surface area contributed by atoms with Gasteiger partial charge in [0.2, 0.25) is 0 Å². The van der Waals surface area contributed by atoms with E-state index in [2.05, 4.69) is 25.7 Å². The molecule has 0 aromatic carbocycles. The standard InChI is InChI=1S/C14H27NO/c1-4-9-15-13(8-7-12(2)3)11-14-6-5-10-16-14/h13-15H,2,4-11H2,1,3H3. The lowest BCUT2D eigenvalue weighted by Gasteiger charge is -2.21. The maximum absolute atomic E-state index is 5.71. The maximum Gasteiger partial charge on any atom is 0.0590 e. The Morgan fingerprint density at radius 1 is 1.56 bits per heavy atom. The van der Waals surface area contributed by atoms with Crippen molar-refractivity contribution < 1.29 is 4.74 Å². The molecule has 0 radical (unpaired) electrons. The lowest BCUT2D eigenvalue weighted by molar-refractivity contribution is 0.0936. The summed E-state index contributed by atoms with van der Waals surface area (Å²) < 4.78 is 5.71. The van der Waals surface area contributed by atoms with Gasteiger partial charge in [0.25, 0.3) is 0 Å². The second kappa shape index (κ2) is 7.86. The Morgan fingerprint density at radius 2 is 2.38 bits per heavy atom. The molecule has 0 bridgehead atoms.